The van der Waals surface area contributed by atoms with Crippen molar-refractivity contribution in [3.8, 4) is 0 Å². The van der Waals surface area contributed by atoms with Gasteiger partial charge in [-0.15, -0.1) is 11.3 Å². The number of carboxylic acid groups (broad SMARTS) is 1. The molecule has 0 fully saturated rings. The molecule has 1 aliphatic carbocycles. The third kappa shape index (κ3) is 2.20. The lowest BCUT2D eigenvalue weighted by Crippen LogP contribution is -2.05. The Morgan fingerprint density at radius 3 is 2.95 bits per heavy atom. The lowest BCUT2D eigenvalue weighted by Gasteiger charge is -2.08. The molecule has 2 aromatic rings. The van der Waals surface area contributed by atoms with E-state index in [0.717, 1.165) is 31.0 Å². The van der Waals surface area contributed by atoms with Crippen molar-refractivity contribution in [2.75, 3.05) is 11.1 Å². The number of nitrogens with one attached hydrogen (secondary N) is 1. The van der Waals surface area contributed by atoms with Gasteiger partial charge in [-0.25, -0.2) is 14.2 Å². The highest BCUT2D eigenvalue weighted by Crippen LogP contribution is 2.33. The van der Waals surface area contributed by atoms with Crippen molar-refractivity contribution in [3.05, 3.63) is 34.1 Å². The maximum Gasteiger partial charge on any atom is 0.337 e. The van der Waals surface area contributed by atoms with E-state index in [1.807, 2.05) is 0 Å². The number of thiazole rings is 1. The molecule has 0 amide bonds. The monoisotopic (exact) mass is 293 g/mol. The van der Waals surface area contributed by atoms with Crippen molar-refractivity contribution < 1.29 is 14.3 Å². The number of anilines is 3. The minimum Gasteiger partial charge on any atom is -0.478 e. The fourth-order valence-corrected chi connectivity index (χ4v) is 3.29. The Kier molecular flexibility index (Phi) is 3.06. The predicted molar refractivity (Wildman–Crippen MR) is 75.2 cm³/mol. The number of aryl methyl sites for hydroxylation is 2. The lowest BCUT2D eigenvalue weighted by molar-refractivity contribution is 0.0698. The van der Waals surface area contributed by atoms with Crippen molar-refractivity contribution in [2.45, 2.75) is 19.3 Å². The molecule has 0 atom stereocenters. The zero-order valence-corrected chi connectivity index (χ0v) is 11.3. The van der Waals surface area contributed by atoms with E-state index in [0.29, 0.717) is 5.13 Å². The molecule has 7 heteroatoms. The molecule has 1 aromatic heterocycles. The molecule has 1 aliphatic rings. The number of aromatic carboxylic acids is 1. The number of halogens is 1. The number of nitrogens with zero attached hydrogens (tertiary/aromatic N) is 1. The maximum absolute atomic E-state index is 13.8. The number of benzene rings is 1. The molecule has 0 spiro atoms. The molecule has 0 radical (unpaired) electrons. The van der Waals surface area contributed by atoms with Crippen LogP contribution in [0.2, 0.25) is 0 Å². The second-order valence-corrected chi connectivity index (χ2v) is 5.68. The van der Waals surface area contributed by atoms with Gasteiger partial charge in [-0.3, -0.25) is 0 Å². The summed E-state index contributed by atoms with van der Waals surface area (Å²) in [5.74, 6) is -1.78. The van der Waals surface area contributed by atoms with Gasteiger partial charge in [-0.05, 0) is 31.4 Å². The summed E-state index contributed by atoms with van der Waals surface area (Å²) in [6, 6.07) is 2.20. The van der Waals surface area contributed by atoms with Gasteiger partial charge in [0.15, 0.2) is 5.13 Å². The van der Waals surface area contributed by atoms with Gasteiger partial charge in [0.05, 0.1) is 16.9 Å². The standard InChI is InChI=1S/C13H12FN3O2S/c14-7-5-8(15)6(12(18)19)4-10(7)17-13-16-9-2-1-3-11(9)20-13/h4-5H,1-3,15H2,(H,16,17)(H,18,19). The minimum absolute atomic E-state index is 0.0732. The highest BCUT2D eigenvalue weighted by atomic mass is 32.1. The molecule has 5 nitrogen and oxygen atoms in total. The van der Waals surface area contributed by atoms with Crippen LogP contribution in [0.25, 0.3) is 0 Å². The highest BCUT2D eigenvalue weighted by Gasteiger charge is 2.18. The number of rotatable bonds is 3. The number of nitrogen functional groups attached to an aromatic ring is 1. The Labute approximate surface area is 118 Å². The van der Waals surface area contributed by atoms with Gasteiger partial charge in [0.25, 0.3) is 0 Å². The summed E-state index contributed by atoms with van der Waals surface area (Å²) >= 11 is 1.48. The number of carbonyl (C=O) groups is 1. The first-order valence-corrected chi connectivity index (χ1v) is 6.94. The molecule has 0 bridgehead atoms. The van der Waals surface area contributed by atoms with Gasteiger partial charge in [-0.1, -0.05) is 0 Å². The Bertz CT molecular complexity index is 678. The molecule has 0 unspecified atom stereocenters. The van der Waals surface area contributed by atoms with E-state index < -0.39 is 11.8 Å². The van der Waals surface area contributed by atoms with Crippen molar-refractivity contribution in [3.63, 3.8) is 0 Å². The molecular formula is C13H12FN3O2S. The molecule has 104 valence electrons. The van der Waals surface area contributed by atoms with Crippen molar-refractivity contribution in [1.82, 2.24) is 4.98 Å². The third-order valence-corrected chi connectivity index (χ3v) is 4.28. The quantitative estimate of drug-likeness (QED) is 0.757. The predicted octanol–water partition coefficient (Wildman–Crippen LogP) is 2.79. The number of aromatic nitrogens is 1. The minimum atomic E-state index is -1.19. The van der Waals surface area contributed by atoms with Crippen LogP contribution in [0.1, 0.15) is 27.3 Å². The van der Waals surface area contributed by atoms with E-state index in [9.17, 15) is 9.18 Å². The van der Waals surface area contributed by atoms with Crippen LogP contribution in [0.3, 0.4) is 0 Å². The molecule has 0 saturated heterocycles. The second-order valence-electron chi connectivity index (χ2n) is 4.59. The smallest absolute Gasteiger partial charge is 0.337 e. The van der Waals surface area contributed by atoms with Gasteiger partial charge in [0.1, 0.15) is 5.82 Å². The fourth-order valence-electron chi connectivity index (χ4n) is 2.23. The Morgan fingerprint density at radius 1 is 1.45 bits per heavy atom. The summed E-state index contributed by atoms with van der Waals surface area (Å²) in [6.45, 7) is 0. The first-order chi connectivity index (χ1) is 9.54. The zero-order valence-electron chi connectivity index (χ0n) is 10.4. The van der Waals surface area contributed by atoms with Crippen molar-refractivity contribution in [1.29, 1.82) is 0 Å². The van der Waals surface area contributed by atoms with Crippen LogP contribution in [-0.2, 0) is 12.8 Å². The fraction of sp³-hybridized carbons (Fsp3) is 0.231. The first-order valence-electron chi connectivity index (χ1n) is 6.12. The molecule has 0 saturated carbocycles. The van der Waals surface area contributed by atoms with Crippen LogP contribution < -0.4 is 11.1 Å². The summed E-state index contributed by atoms with van der Waals surface area (Å²) in [6.07, 6.45) is 3.05. The van der Waals surface area contributed by atoms with E-state index in [2.05, 4.69) is 10.3 Å². The highest BCUT2D eigenvalue weighted by molar-refractivity contribution is 7.15. The van der Waals surface area contributed by atoms with E-state index in [1.165, 1.54) is 22.3 Å². The van der Waals surface area contributed by atoms with Crippen LogP contribution in [0.15, 0.2) is 12.1 Å². The second kappa shape index (κ2) is 4.75. The summed E-state index contributed by atoms with van der Waals surface area (Å²) < 4.78 is 13.8. The average molecular weight is 293 g/mol. The number of hydrogen-bond donors (Lipinski definition) is 3. The summed E-state index contributed by atoms with van der Waals surface area (Å²) in [5.41, 5.74) is 6.38. The molecule has 1 heterocycles. The number of carboxylic acids is 1. The molecular weight excluding hydrogens is 281 g/mol. The van der Waals surface area contributed by atoms with E-state index in [1.54, 1.807) is 0 Å². The van der Waals surface area contributed by atoms with Gasteiger partial charge < -0.3 is 16.2 Å². The van der Waals surface area contributed by atoms with Gasteiger partial charge in [0, 0.05) is 10.6 Å². The van der Waals surface area contributed by atoms with Crippen LogP contribution in [0.5, 0.6) is 0 Å². The van der Waals surface area contributed by atoms with Crippen LogP contribution in [0.4, 0.5) is 20.9 Å². The van der Waals surface area contributed by atoms with E-state index >= 15 is 0 Å². The van der Waals surface area contributed by atoms with Crippen LogP contribution in [-0.4, -0.2) is 16.1 Å². The van der Waals surface area contributed by atoms with E-state index in [4.69, 9.17) is 10.8 Å². The third-order valence-electron chi connectivity index (χ3n) is 3.21. The lowest BCUT2D eigenvalue weighted by atomic mass is 10.1. The first kappa shape index (κ1) is 12.9. The van der Waals surface area contributed by atoms with Gasteiger partial charge >= 0.3 is 5.97 Å². The van der Waals surface area contributed by atoms with Crippen LogP contribution in [0, 0.1) is 5.82 Å². The molecule has 1 aromatic carbocycles. The topological polar surface area (TPSA) is 88.2 Å². The molecule has 20 heavy (non-hydrogen) atoms. The summed E-state index contributed by atoms with van der Waals surface area (Å²) in [5, 5.41) is 12.4. The number of nitrogens with two attached hydrogens (primary N) is 1. The zero-order chi connectivity index (χ0) is 14.3. The largest absolute Gasteiger partial charge is 0.478 e. The Balaban J connectivity index is 1.93. The van der Waals surface area contributed by atoms with Gasteiger partial charge in [-0.2, -0.15) is 0 Å². The van der Waals surface area contributed by atoms with Crippen molar-refractivity contribution in [2.24, 2.45) is 0 Å². The Hall–Kier alpha value is -2.15. The van der Waals surface area contributed by atoms with Gasteiger partial charge in [0.2, 0.25) is 0 Å². The average Bonchev–Trinajstić information content (AvgIpc) is 2.92. The molecule has 4 N–H and O–H groups in total. The SMILES string of the molecule is Nc1cc(F)c(Nc2nc3c(s2)CCC3)cc1C(=O)O. The van der Waals surface area contributed by atoms with E-state index in [-0.39, 0.29) is 16.9 Å². The number of hydrogen-bond acceptors (Lipinski definition) is 5. The van der Waals surface area contributed by atoms with Crippen LogP contribution >= 0.6 is 11.3 Å². The number of fused-ring (bicyclic) bond motifs is 1. The Morgan fingerprint density at radius 2 is 2.25 bits per heavy atom. The summed E-state index contributed by atoms with van der Waals surface area (Å²) in [4.78, 5) is 16.6. The molecule has 0 aliphatic heterocycles. The maximum atomic E-state index is 13.8. The van der Waals surface area contributed by atoms with Crippen molar-refractivity contribution >= 4 is 33.8 Å². The molecule has 3 rings (SSSR count). The normalized spacial score (nSPS) is 13.2. The summed E-state index contributed by atoms with van der Waals surface area (Å²) in [7, 11) is 0.